The van der Waals surface area contributed by atoms with Crippen LogP contribution in [0.4, 0.5) is 5.69 Å². The number of nitrogens with one attached hydrogen (secondary N) is 2. The van der Waals surface area contributed by atoms with Gasteiger partial charge in [0.15, 0.2) is 0 Å². The topological polar surface area (TPSA) is 41.1 Å². The van der Waals surface area contributed by atoms with Gasteiger partial charge in [0.05, 0.1) is 6.54 Å². The van der Waals surface area contributed by atoms with Crippen molar-refractivity contribution in [2.75, 3.05) is 11.9 Å². The van der Waals surface area contributed by atoms with Crippen molar-refractivity contribution in [2.24, 2.45) is 0 Å². The number of aryl methyl sites for hydroxylation is 1. The molecule has 0 aliphatic heterocycles. The van der Waals surface area contributed by atoms with Crippen LogP contribution >= 0.6 is 38.9 Å². The maximum atomic E-state index is 11.8. The highest BCUT2D eigenvalue weighted by Gasteiger charge is 2.05. The highest BCUT2D eigenvalue weighted by atomic mass is 79.9. The van der Waals surface area contributed by atoms with Gasteiger partial charge in [-0.25, -0.2) is 0 Å². The van der Waals surface area contributed by atoms with Gasteiger partial charge in [0, 0.05) is 32.0 Å². The quantitative estimate of drug-likeness (QED) is 0.824. The van der Waals surface area contributed by atoms with E-state index >= 15 is 0 Å². The summed E-state index contributed by atoms with van der Waals surface area (Å²) >= 11 is 11.0. The van der Waals surface area contributed by atoms with Crippen molar-refractivity contribution in [3.63, 3.8) is 0 Å². The van der Waals surface area contributed by atoms with Crippen molar-refractivity contribution < 1.29 is 4.79 Å². The molecular weight excluding hydrogens is 360 g/mol. The van der Waals surface area contributed by atoms with Gasteiger partial charge in [-0.05, 0) is 46.6 Å². The molecule has 2 rings (SSSR count). The second kappa shape index (κ2) is 7.22. The predicted molar refractivity (Wildman–Crippen MR) is 88.5 cm³/mol. The van der Waals surface area contributed by atoms with E-state index in [1.165, 1.54) is 4.88 Å². The van der Waals surface area contributed by atoms with Crippen LogP contribution in [-0.2, 0) is 11.3 Å². The second-order valence-corrected chi connectivity index (χ2v) is 6.69. The molecule has 0 radical (unpaired) electrons. The Bertz CT molecular complexity index is 615. The lowest BCUT2D eigenvalue weighted by Gasteiger charge is -2.09. The van der Waals surface area contributed by atoms with Crippen molar-refractivity contribution >= 4 is 50.5 Å². The monoisotopic (exact) mass is 372 g/mol. The van der Waals surface area contributed by atoms with Crippen LogP contribution in [0, 0.1) is 6.92 Å². The van der Waals surface area contributed by atoms with E-state index < -0.39 is 0 Å². The summed E-state index contributed by atoms with van der Waals surface area (Å²) < 4.78 is 1.07. The van der Waals surface area contributed by atoms with E-state index in [1.807, 2.05) is 24.4 Å². The molecule has 0 aliphatic carbocycles. The lowest BCUT2D eigenvalue weighted by atomic mass is 10.2. The number of benzene rings is 1. The highest BCUT2D eigenvalue weighted by Crippen LogP contribution is 2.20. The molecule has 1 aromatic heterocycles. The van der Waals surface area contributed by atoms with Crippen molar-refractivity contribution in [3.05, 3.63) is 49.6 Å². The molecule has 106 valence electrons. The standard InChI is InChI=1S/C14H14BrClN2OS/c1-9-2-3-11(16)5-13(9)18-14(19)7-17-6-12-4-10(15)8-20-12/h2-5,8,17H,6-7H2,1H3,(H,18,19). The maximum Gasteiger partial charge on any atom is 0.238 e. The fraction of sp³-hybridized carbons (Fsp3) is 0.214. The summed E-state index contributed by atoms with van der Waals surface area (Å²) in [5.74, 6) is -0.0778. The van der Waals surface area contributed by atoms with E-state index in [9.17, 15) is 4.79 Å². The number of amides is 1. The Morgan fingerprint density at radius 1 is 1.40 bits per heavy atom. The first-order valence-corrected chi connectivity index (χ1v) is 8.09. The number of carbonyl (C=O) groups is 1. The lowest BCUT2D eigenvalue weighted by Crippen LogP contribution is -2.27. The third-order valence-corrected chi connectivity index (χ3v) is 4.61. The van der Waals surface area contributed by atoms with Crippen LogP contribution in [0.5, 0.6) is 0 Å². The summed E-state index contributed by atoms with van der Waals surface area (Å²) in [6.07, 6.45) is 0. The van der Waals surface area contributed by atoms with Crippen molar-refractivity contribution in [1.82, 2.24) is 5.32 Å². The largest absolute Gasteiger partial charge is 0.325 e. The number of thiophene rings is 1. The van der Waals surface area contributed by atoms with E-state index in [4.69, 9.17) is 11.6 Å². The molecule has 20 heavy (non-hydrogen) atoms. The Morgan fingerprint density at radius 2 is 2.20 bits per heavy atom. The predicted octanol–water partition coefficient (Wildman–Crippen LogP) is 4.20. The van der Waals surface area contributed by atoms with Gasteiger partial charge in [0.1, 0.15) is 0 Å². The molecule has 1 aromatic carbocycles. The number of anilines is 1. The zero-order valence-corrected chi connectivity index (χ0v) is 14.0. The van der Waals surface area contributed by atoms with Crippen LogP contribution < -0.4 is 10.6 Å². The van der Waals surface area contributed by atoms with Crippen LogP contribution in [0.1, 0.15) is 10.4 Å². The Balaban J connectivity index is 1.82. The van der Waals surface area contributed by atoms with E-state index in [0.29, 0.717) is 11.6 Å². The Labute approximate surface area is 135 Å². The zero-order chi connectivity index (χ0) is 14.5. The molecular formula is C14H14BrClN2OS. The first-order valence-electron chi connectivity index (χ1n) is 6.04. The van der Waals surface area contributed by atoms with Crippen molar-refractivity contribution in [3.8, 4) is 0 Å². The zero-order valence-electron chi connectivity index (χ0n) is 10.9. The molecule has 0 saturated carbocycles. The molecule has 3 nitrogen and oxygen atoms in total. The smallest absolute Gasteiger partial charge is 0.238 e. The molecule has 0 bridgehead atoms. The summed E-state index contributed by atoms with van der Waals surface area (Å²) in [5, 5.41) is 8.60. The normalized spacial score (nSPS) is 10.6. The van der Waals surface area contributed by atoms with Crippen molar-refractivity contribution in [2.45, 2.75) is 13.5 Å². The fourth-order valence-corrected chi connectivity index (χ4v) is 3.26. The molecule has 6 heteroatoms. The van der Waals surface area contributed by atoms with Gasteiger partial charge < -0.3 is 10.6 Å². The minimum absolute atomic E-state index is 0.0778. The summed E-state index contributed by atoms with van der Waals surface area (Å²) in [7, 11) is 0. The molecule has 1 heterocycles. The molecule has 0 aliphatic rings. The van der Waals surface area contributed by atoms with Gasteiger partial charge in [-0.3, -0.25) is 4.79 Å². The average Bonchev–Trinajstić information content (AvgIpc) is 2.80. The molecule has 0 fully saturated rings. The van der Waals surface area contributed by atoms with Crippen LogP contribution in [0.25, 0.3) is 0 Å². The first-order chi connectivity index (χ1) is 9.54. The van der Waals surface area contributed by atoms with E-state index in [0.717, 1.165) is 15.7 Å². The first kappa shape index (κ1) is 15.5. The molecule has 0 atom stereocenters. The van der Waals surface area contributed by atoms with E-state index in [1.54, 1.807) is 23.5 Å². The van der Waals surface area contributed by atoms with Gasteiger partial charge in [0.2, 0.25) is 5.91 Å². The molecule has 0 unspecified atom stereocenters. The fourth-order valence-electron chi connectivity index (χ4n) is 1.67. The SMILES string of the molecule is Cc1ccc(Cl)cc1NC(=O)CNCc1cc(Br)cs1. The Kier molecular flexibility index (Phi) is 5.60. The average molecular weight is 374 g/mol. The number of hydrogen-bond acceptors (Lipinski definition) is 3. The lowest BCUT2D eigenvalue weighted by molar-refractivity contribution is -0.115. The minimum atomic E-state index is -0.0778. The van der Waals surface area contributed by atoms with Gasteiger partial charge in [-0.2, -0.15) is 0 Å². The minimum Gasteiger partial charge on any atom is -0.325 e. The summed E-state index contributed by atoms with van der Waals surface area (Å²) in [5.41, 5.74) is 1.74. The number of halogens is 2. The highest BCUT2D eigenvalue weighted by molar-refractivity contribution is 9.10. The van der Waals surface area contributed by atoms with E-state index in [2.05, 4.69) is 26.6 Å². The number of carbonyl (C=O) groups excluding carboxylic acids is 1. The number of rotatable bonds is 5. The molecule has 2 aromatic rings. The van der Waals surface area contributed by atoms with Crippen LogP contribution in [0.2, 0.25) is 5.02 Å². The number of hydrogen-bond donors (Lipinski definition) is 2. The maximum absolute atomic E-state index is 11.8. The van der Waals surface area contributed by atoms with Gasteiger partial charge in [0.25, 0.3) is 0 Å². The van der Waals surface area contributed by atoms with Crippen LogP contribution in [-0.4, -0.2) is 12.5 Å². The van der Waals surface area contributed by atoms with Gasteiger partial charge in [-0.15, -0.1) is 11.3 Å². The Morgan fingerprint density at radius 3 is 2.90 bits per heavy atom. The summed E-state index contributed by atoms with van der Waals surface area (Å²) in [6.45, 7) is 2.88. The molecule has 2 N–H and O–H groups in total. The summed E-state index contributed by atoms with van der Waals surface area (Å²) in [6, 6.07) is 7.48. The van der Waals surface area contributed by atoms with Gasteiger partial charge in [-0.1, -0.05) is 17.7 Å². The molecule has 0 saturated heterocycles. The van der Waals surface area contributed by atoms with Crippen LogP contribution in [0.3, 0.4) is 0 Å². The summed E-state index contributed by atoms with van der Waals surface area (Å²) in [4.78, 5) is 13.0. The third-order valence-electron chi connectivity index (χ3n) is 2.68. The molecule has 1 amide bonds. The van der Waals surface area contributed by atoms with E-state index in [-0.39, 0.29) is 12.5 Å². The third kappa shape index (κ3) is 4.59. The van der Waals surface area contributed by atoms with Gasteiger partial charge >= 0.3 is 0 Å². The Hall–Kier alpha value is -0.880. The van der Waals surface area contributed by atoms with Crippen LogP contribution in [0.15, 0.2) is 34.1 Å². The second-order valence-electron chi connectivity index (χ2n) is 4.34. The van der Waals surface area contributed by atoms with Crippen molar-refractivity contribution in [1.29, 1.82) is 0 Å². The molecule has 0 spiro atoms.